The van der Waals surface area contributed by atoms with E-state index in [0.717, 1.165) is 21.3 Å². The molecule has 128 valence electrons. The minimum absolute atomic E-state index is 0.381. The number of esters is 1. The molecule has 0 saturated carbocycles. The Bertz CT molecular complexity index is 942. The normalized spacial score (nSPS) is 10.6. The number of nitrogens with one attached hydrogen (secondary N) is 1. The van der Waals surface area contributed by atoms with Gasteiger partial charge in [-0.15, -0.1) is 11.3 Å². The van der Waals surface area contributed by atoms with Crippen LogP contribution in [0.1, 0.15) is 21.1 Å². The topological polar surface area (TPSA) is 77.0 Å². The van der Waals surface area contributed by atoms with Crippen LogP contribution in [0.3, 0.4) is 0 Å². The zero-order valence-electron chi connectivity index (χ0n) is 13.8. The van der Waals surface area contributed by atoms with Gasteiger partial charge < -0.3 is 10.1 Å². The molecule has 0 aliphatic heterocycles. The lowest BCUT2D eigenvalue weighted by molar-refractivity contribution is 0.0601. The van der Waals surface area contributed by atoms with E-state index in [4.69, 9.17) is 16.3 Å². The van der Waals surface area contributed by atoms with E-state index in [-0.39, 0.29) is 0 Å². The SMILES string of the molecule is COC(=O)c1ccc(Cl)c(Nc2nccc(-c3sc(C)nc3C)n2)c1. The molecule has 0 saturated heterocycles. The van der Waals surface area contributed by atoms with Gasteiger partial charge in [-0.25, -0.2) is 19.7 Å². The first kappa shape index (κ1) is 17.3. The summed E-state index contributed by atoms with van der Waals surface area (Å²) in [5.74, 6) is -0.0583. The van der Waals surface area contributed by atoms with Crippen molar-refractivity contribution in [1.82, 2.24) is 15.0 Å². The van der Waals surface area contributed by atoms with Crippen molar-refractivity contribution in [2.75, 3.05) is 12.4 Å². The Morgan fingerprint density at radius 1 is 1.24 bits per heavy atom. The number of anilines is 2. The first-order chi connectivity index (χ1) is 12.0. The van der Waals surface area contributed by atoms with Gasteiger partial charge >= 0.3 is 5.97 Å². The number of aryl methyl sites for hydroxylation is 2. The number of methoxy groups -OCH3 is 1. The van der Waals surface area contributed by atoms with E-state index in [1.54, 1.807) is 35.7 Å². The van der Waals surface area contributed by atoms with Crippen molar-refractivity contribution in [3.05, 3.63) is 51.7 Å². The summed E-state index contributed by atoms with van der Waals surface area (Å²) >= 11 is 7.78. The van der Waals surface area contributed by atoms with Gasteiger partial charge in [-0.2, -0.15) is 0 Å². The first-order valence-corrected chi connectivity index (χ1v) is 8.59. The second-order valence-electron chi connectivity index (χ2n) is 5.22. The second kappa shape index (κ2) is 7.16. The molecule has 0 aliphatic rings. The molecule has 25 heavy (non-hydrogen) atoms. The lowest BCUT2D eigenvalue weighted by Crippen LogP contribution is -2.03. The van der Waals surface area contributed by atoms with E-state index in [1.807, 2.05) is 19.9 Å². The first-order valence-electron chi connectivity index (χ1n) is 7.40. The fraction of sp³-hybridized carbons (Fsp3) is 0.176. The summed E-state index contributed by atoms with van der Waals surface area (Å²) in [6, 6.07) is 6.65. The second-order valence-corrected chi connectivity index (χ2v) is 6.83. The Kier molecular flexibility index (Phi) is 4.96. The van der Waals surface area contributed by atoms with Crippen LogP contribution in [0.4, 0.5) is 11.6 Å². The number of carbonyl (C=O) groups excluding carboxylic acids is 1. The maximum Gasteiger partial charge on any atom is 0.337 e. The zero-order valence-corrected chi connectivity index (χ0v) is 15.4. The van der Waals surface area contributed by atoms with Crippen molar-refractivity contribution >= 4 is 40.5 Å². The number of nitrogens with zero attached hydrogens (tertiary/aromatic N) is 3. The van der Waals surface area contributed by atoms with Crippen molar-refractivity contribution in [2.24, 2.45) is 0 Å². The lowest BCUT2D eigenvalue weighted by Gasteiger charge is -2.09. The third-order valence-corrected chi connectivity index (χ3v) is 4.85. The summed E-state index contributed by atoms with van der Waals surface area (Å²) in [6.07, 6.45) is 1.66. The van der Waals surface area contributed by atoms with Crippen molar-refractivity contribution in [3.63, 3.8) is 0 Å². The van der Waals surface area contributed by atoms with Gasteiger partial charge in [-0.05, 0) is 38.1 Å². The van der Waals surface area contributed by atoms with Crippen molar-refractivity contribution in [1.29, 1.82) is 0 Å². The Labute approximate surface area is 153 Å². The third-order valence-electron chi connectivity index (χ3n) is 3.43. The molecule has 8 heteroatoms. The van der Waals surface area contributed by atoms with E-state index in [2.05, 4.69) is 20.3 Å². The minimum atomic E-state index is -0.440. The molecule has 0 fully saturated rings. The maximum atomic E-state index is 11.7. The fourth-order valence-corrected chi connectivity index (χ4v) is 3.36. The van der Waals surface area contributed by atoms with Crippen LogP contribution < -0.4 is 5.32 Å². The van der Waals surface area contributed by atoms with Crippen LogP contribution in [0.25, 0.3) is 10.6 Å². The van der Waals surface area contributed by atoms with E-state index in [1.165, 1.54) is 7.11 Å². The molecule has 3 aromatic rings. The van der Waals surface area contributed by atoms with E-state index < -0.39 is 5.97 Å². The highest BCUT2D eigenvalue weighted by molar-refractivity contribution is 7.15. The van der Waals surface area contributed by atoms with E-state index in [0.29, 0.717) is 22.2 Å². The van der Waals surface area contributed by atoms with Gasteiger partial charge in [0.15, 0.2) is 0 Å². The Hall–Kier alpha value is -2.51. The third kappa shape index (κ3) is 3.78. The van der Waals surface area contributed by atoms with Crippen LogP contribution in [-0.2, 0) is 4.74 Å². The number of aromatic nitrogens is 3. The highest BCUT2D eigenvalue weighted by Crippen LogP contribution is 2.30. The molecule has 1 aromatic carbocycles. The average molecular weight is 375 g/mol. The van der Waals surface area contributed by atoms with Crippen LogP contribution >= 0.6 is 22.9 Å². The molecule has 2 heterocycles. The highest BCUT2D eigenvalue weighted by atomic mass is 35.5. The largest absolute Gasteiger partial charge is 0.465 e. The quantitative estimate of drug-likeness (QED) is 0.682. The molecular formula is C17H15ClN4O2S. The van der Waals surface area contributed by atoms with Gasteiger partial charge in [0.05, 0.1) is 44.7 Å². The predicted molar refractivity (Wildman–Crippen MR) is 98.7 cm³/mol. The van der Waals surface area contributed by atoms with Crippen LogP contribution in [-0.4, -0.2) is 28.0 Å². The van der Waals surface area contributed by atoms with Crippen molar-refractivity contribution < 1.29 is 9.53 Å². The molecule has 3 rings (SSSR count). The van der Waals surface area contributed by atoms with Crippen LogP contribution in [0.5, 0.6) is 0 Å². The van der Waals surface area contributed by atoms with Gasteiger partial charge in [-0.1, -0.05) is 11.6 Å². The van der Waals surface area contributed by atoms with Crippen LogP contribution in [0.2, 0.25) is 5.02 Å². The summed E-state index contributed by atoms with van der Waals surface area (Å²) in [5, 5.41) is 4.48. The molecule has 0 unspecified atom stereocenters. The van der Waals surface area contributed by atoms with Gasteiger partial charge in [0, 0.05) is 6.20 Å². The lowest BCUT2D eigenvalue weighted by atomic mass is 10.2. The summed E-state index contributed by atoms with van der Waals surface area (Å²) in [5.41, 5.74) is 2.62. The minimum Gasteiger partial charge on any atom is -0.465 e. The van der Waals surface area contributed by atoms with Gasteiger partial charge in [0.2, 0.25) is 5.95 Å². The molecule has 1 N–H and O–H groups in total. The number of rotatable bonds is 4. The number of halogens is 1. The molecule has 0 atom stereocenters. The number of carbonyl (C=O) groups is 1. The molecule has 2 aromatic heterocycles. The van der Waals surface area contributed by atoms with Gasteiger partial charge in [-0.3, -0.25) is 0 Å². The number of ether oxygens (including phenoxy) is 1. The molecule has 0 bridgehead atoms. The summed E-state index contributed by atoms with van der Waals surface area (Å²) in [4.78, 5) is 25.8. The van der Waals surface area contributed by atoms with Crippen LogP contribution in [0.15, 0.2) is 30.5 Å². The average Bonchev–Trinajstić information content (AvgIpc) is 2.95. The molecule has 0 spiro atoms. The predicted octanol–water partition coefficient (Wildman–Crippen LogP) is 4.40. The van der Waals surface area contributed by atoms with Crippen molar-refractivity contribution in [2.45, 2.75) is 13.8 Å². The van der Waals surface area contributed by atoms with Crippen molar-refractivity contribution in [3.8, 4) is 10.6 Å². The summed E-state index contributed by atoms with van der Waals surface area (Å²) in [7, 11) is 1.33. The van der Waals surface area contributed by atoms with Crippen LogP contribution in [0, 0.1) is 13.8 Å². The Morgan fingerprint density at radius 2 is 2.04 bits per heavy atom. The molecule has 0 amide bonds. The maximum absolute atomic E-state index is 11.7. The number of benzene rings is 1. The molecule has 6 nitrogen and oxygen atoms in total. The number of hydrogen-bond donors (Lipinski definition) is 1. The fourth-order valence-electron chi connectivity index (χ4n) is 2.30. The van der Waals surface area contributed by atoms with E-state index in [9.17, 15) is 4.79 Å². The smallest absolute Gasteiger partial charge is 0.337 e. The molecule has 0 aliphatic carbocycles. The monoisotopic (exact) mass is 374 g/mol. The molecule has 0 radical (unpaired) electrons. The Balaban J connectivity index is 1.93. The van der Waals surface area contributed by atoms with Gasteiger partial charge in [0.25, 0.3) is 0 Å². The highest BCUT2D eigenvalue weighted by Gasteiger charge is 2.12. The zero-order chi connectivity index (χ0) is 18.0. The Morgan fingerprint density at radius 3 is 2.72 bits per heavy atom. The van der Waals surface area contributed by atoms with E-state index >= 15 is 0 Å². The number of thiazole rings is 1. The standard InChI is InChI=1S/C17H15ClN4O2S/c1-9-15(25-10(2)20-9)13-6-7-19-17(21-13)22-14-8-11(16(23)24-3)4-5-12(14)18/h4-8H,1-3H3,(H,19,21,22). The van der Waals surface area contributed by atoms with Gasteiger partial charge in [0.1, 0.15) is 0 Å². The number of hydrogen-bond acceptors (Lipinski definition) is 7. The summed E-state index contributed by atoms with van der Waals surface area (Å²) < 4.78 is 4.73. The summed E-state index contributed by atoms with van der Waals surface area (Å²) in [6.45, 7) is 3.91. The molecular weight excluding hydrogens is 360 g/mol.